The lowest BCUT2D eigenvalue weighted by molar-refractivity contribution is -0.117. The number of fused-ring (bicyclic) bond motifs is 2. The van der Waals surface area contributed by atoms with Crippen LogP contribution in [0, 0.1) is 11.8 Å². The Balaban J connectivity index is 1.86. The predicted octanol–water partition coefficient (Wildman–Crippen LogP) is 5.23. The minimum Gasteiger partial charge on any atom is -0.511 e. The molecule has 0 saturated heterocycles. The number of aliphatic hydroxyl groups is 1. The van der Waals surface area contributed by atoms with Gasteiger partial charge in [0.25, 0.3) is 0 Å². The highest BCUT2D eigenvalue weighted by Gasteiger charge is 2.41. The number of hydrogen-bond donors (Lipinski definition) is 1. The molecule has 4 heteroatoms. The molecule has 1 fully saturated rings. The fourth-order valence-corrected chi connectivity index (χ4v) is 4.23. The van der Waals surface area contributed by atoms with Crippen LogP contribution >= 0.6 is 11.6 Å². The van der Waals surface area contributed by atoms with Crippen LogP contribution in [-0.4, -0.2) is 15.9 Å². The second-order valence-electron chi connectivity index (χ2n) is 6.93. The summed E-state index contributed by atoms with van der Waals surface area (Å²) in [5.41, 5.74) is 4.41. The monoisotopic (exact) mass is 353 g/mol. The van der Waals surface area contributed by atoms with Crippen molar-refractivity contribution in [1.82, 2.24) is 4.98 Å². The molecule has 1 N–H and O–H groups in total. The molecule has 4 rings (SSSR count). The van der Waals surface area contributed by atoms with Crippen molar-refractivity contribution in [2.75, 3.05) is 0 Å². The van der Waals surface area contributed by atoms with Gasteiger partial charge in [-0.05, 0) is 60.6 Å². The van der Waals surface area contributed by atoms with E-state index in [1.54, 1.807) is 12.3 Å². The summed E-state index contributed by atoms with van der Waals surface area (Å²) < 4.78 is 0. The van der Waals surface area contributed by atoms with Gasteiger partial charge in [0.05, 0.1) is 5.57 Å². The average Bonchev–Trinajstić information content (AvgIpc) is 3.08. The number of benzene rings is 1. The quantitative estimate of drug-likeness (QED) is 0.768. The van der Waals surface area contributed by atoms with Crippen molar-refractivity contribution in [2.24, 2.45) is 11.8 Å². The molecule has 2 aliphatic rings. The maximum Gasteiger partial charge on any atom is 0.169 e. The fourth-order valence-electron chi connectivity index (χ4n) is 4.12. The molecule has 3 nitrogen and oxygen atoms in total. The number of rotatable bonds is 3. The molecule has 128 valence electrons. The Hall–Kier alpha value is -2.13. The zero-order valence-corrected chi connectivity index (χ0v) is 14.9. The predicted molar refractivity (Wildman–Crippen MR) is 99.4 cm³/mol. The Kier molecular flexibility index (Phi) is 4.12. The fraction of sp³-hybridized carbons (Fsp3) is 0.333. The van der Waals surface area contributed by atoms with Crippen molar-refractivity contribution in [3.8, 4) is 11.1 Å². The third kappa shape index (κ3) is 2.77. The lowest BCUT2D eigenvalue weighted by atomic mass is 9.81. The second kappa shape index (κ2) is 6.30. The normalized spacial score (nSPS) is 22.6. The van der Waals surface area contributed by atoms with E-state index in [4.69, 9.17) is 11.6 Å². The van der Waals surface area contributed by atoms with Gasteiger partial charge in [0, 0.05) is 23.6 Å². The van der Waals surface area contributed by atoms with Gasteiger partial charge >= 0.3 is 0 Å². The van der Waals surface area contributed by atoms with Crippen molar-refractivity contribution in [3.05, 3.63) is 58.6 Å². The molecule has 0 aliphatic heterocycles. The number of ketones is 1. The smallest absolute Gasteiger partial charge is 0.169 e. The highest BCUT2D eigenvalue weighted by atomic mass is 35.5. The molecule has 2 aliphatic carbocycles. The summed E-state index contributed by atoms with van der Waals surface area (Å²) in [5, 5.41) is 11.2. The van der Waals surface area contributed by atoms with Crippen molar-refractivity contribution < 1.29 is 9.90 Å². The van der Waals surface area contributed by atoms with Crippen LogP contribution in [0.3, 0.4) is 0 Å². The average molecular weight is 354 g/mol. The standard InChI is InChI=1S/C21H20ClNO2/c1-2-12-3-4-13(16-7-8-18(22)23-11-16)10-17(12)19-20(24)14-5-6-15(9-14)21(19)25/h3-4,7-8,10-11,14-15,24H,2,5-6,9H2,1H3. The Bertz CT molecular complexity index is 870. The minimum absolute atomic E-state index is 0.0708. The highest BCUT2D eigenvalue weighted by Crippen LogP contribution is 2.46. The molecule has 1 saturated carbocycles. The molecule has 25 heavy (non-hydrogen) atoms. The number of carbonyl (C=O) groups excluding carboxylic acids is 1. The van der Waals surface area contributed by atoms with Crippen molar-refractivity contribution >= 4 is 23.0 Å². The maximum absolute atomic E-state index is 12.9. The third-order valence-electron chi connectivity index (χ3n) is 5.51. The van der Waals surface area contributed by atoms with Crippen LogP contribution in [0.1, 0.15) is 37.3 Å². The number of aliphatic hydroxyl groups excluding tert-OH is 1. The van der Waals surface area contributed by atoms with Crippen LogP contribution < -0.4 is 0 Å². The van der Waals surface area contributed by atoms with Gasteiger partial charge in [0.15, 0.2) is 5.78 Å². The molecule has 0 spiro atoms. The summed E-state index contributed by atoms with van der Waals surface area (Å²) in [6.07, 6.45) is 5.14. The topological polar surface area (TPSA) is 50.2 Å². The van der Waals surface area contributed by atoms with E-state index in [0.717, 1.165) is 47.9 Å². The zero-order chi connectivity index (χ0) is 17.6. The van der Waals surface area contributed by atoms with Crippen LogP contribution in [0.25, 0.3) is 16.7 Å². The number of nitrogens with zero attached hydrogens (tertiary/aromatic N) is 1. The summed E-state index contributed by atoms with van der Waals surface area (Å²) in [6, 6.07) is 9.77. The van der Waals surface area contributed by atoms with E-state index in [0.29, 0.717) is 16.5 Å². The van der Waals surface area contributed by atoms with Crippen molar-refractivity contribution in [2.45, 2.75) is 32.6 Å². The van der Waals surface area contributed by atoms with Crippen molar-refractivity contribution in [1.29, 1.82) is 0 Å². The molecular weight excluding hydrogens is 334 g/mol. The molecule has 0 radical (unpaired) electrons. The van der Waals surface area contributed by atoms with E-state index in [1.807, 2.05) is 24.3 Å². The van der Waals surface area contributed by atoms with Gasteiger partial charge < -0.3 is 5.11 Å². The summed E-state index contributed by atoms with van der Waals surface area (Å²) in [7, 11) is 0. The second-order valence-corrected chi connectivity index (χ2v) is 7.31. The van der Waals surface area contributed by atoms with Crippen LogP contribution in [0.4, 0.5) is 0 Å². The minimum atomic E-state index is 0.0708. The van der Waals surface area contributed by atoms with Gasteiger partial charge in [0.2, 0.25) is 0 Å². The van der Waals surface area contributed by atoms with Crippen LogP contribution in [0.5, 0.6) is 0 Å². The first-order valence-corrected chi connectivity index (χ1v) is 9.18. The third-order valence-corrected chi connectivity index (χ3v) is 5.74. The molecule has 2 unspecified atom stereocenters. The van der Waals surface area contributed by atoms with Gasteiger partial charge in [-0.3, -0.25) is 4.79 Å². The number of allylic oxidation sites excluding steroid dienone is 2. The number of carbonyl (C=O) groups is 1. The Labute approximate surface area is 152 Å². The van der Waals surface area contributed by atoms with Gasteiger partial charge in [-0.1, -0.05) is 30.7 Å². The molecule has 0 amide bonds. The molecule has 2 aromatic rings. The SMILES string of the molecule is CCc1ccc(-c2ccc(Cl)nc2)cc1C1=C(O)C2CCC(C2)C1=O. The van der Waals surface area contributed by atoms with E-state index >= 15 is 0 Å². The van der Waals surface area contributed by atoms with Gasteiger partial charge in [-0.25, -0.2) is 4.98 Å². The Morgan fingerprint density at radius 1 is 1.16 bits per heavy atom. The van der Waals surface area contributed by atoms with E-state index < -0.39 is 0 Å². The zero-order valence-electron chi connectivity index (χ0n) is 14.1. The number of pyridine rings is 1. The van der Waals surface area contributed by atoms with Gasteiger partial charge in [-0.15, -0.1) is 0 Å². The lowest BCUT2D eigenvalue weighted by Crippen LogP contribution is -2.22. The summed E-state index contributed by atoms with van der Waals surface area (Å²) in [5.74, 6) is 0.608. The van der Waals surface area contributed by atoms with Crippen LogP contribution in [-0.2, 0) is 11.2 Å². The van der Waals surface area contributed by atoms with E-state index in [1.165, 1.54) is 0 Å². The molecule has 2 bridgehead atoms. The van der Waals surface area contributed by atoms with Crippen molar-refractivity contribution in [3.63, 3.8) is 0 Å². The number of Topliss-reactive ketones (excluding diaryl/α,β-unsaturated/α-hetero) is 1. The van der Waals surface area contributed by atoms with E-state index in [2.05, 4.69) is 11.9 Å². The first kappa shape index (κ1) is 16.3. The van der Waals surface area contributed by atoms with Gasteiger partial charge in [-0.2, -0.15) is 0 Å². The maximum atomic E-state index is 12.9. The number of halogens is 1. The molecule has 1 aromatic carbocycles. The summed E-state index contributed by atoms with van der Waals surface area (Å²) >= 11 is 5.88. The lowest BCUT2D eigenvalue weighted by Gasteiger charge is -2.23. The molecular formula is C21H20ClNO2. The van der Waals surface area contributed by atoms with E-state index in [-0.39, 0.29) is 17.6 Å². The Morgan fingerprint density at radius 3 is 2.64 bits per heavy atom. The number of hydrogen-bond acceptors (Lipinski definition) is 3. The summed E-state index contributed by atoms with van der Waals surface area (Å²) in [4.78, 5) is 17.0. The van der Waals surface area contributed by atoms with Gasteiger partial charge in [0.1, 0.15) is 10.9 Å². The molecule has 2 atom stereocenters. The van der Waals surface area contributed by atoms with E-state index in [9.17, 15) is 9.90 Å². The van der Waals surface area contributed by atoms with Crippen LogP contribution in [0.2, 0.25) is 5.15 Å². The van der Waals surface area contributed by atoms with Crippen LogP contribution in [0.15, 0.2) is 42.3 Å². The number of aromatic nitrogens is 1. The number of aryl methyl sites for hydroxylation is 1. The first-order chi connectivity index (χ1) is 12.1. The summed E-state index contributed by atoms with van der Waals surface area (Å²) in [6.45, 7) is 2.07. The largest absolute Gasteiger partial charge is 0.511 e. The Morgan fingerprint density at radius 2 is 1.92 bits per heavy atom. The first-order valence-electron chi connectivity index (χ1n) is 8.81. The molecule has 1 heterocycles. The molecule has 1 aromatic heterocycles. The highest BCUT2D eigenvalue weighted by molar-refractivity contribution is 6.29.